The number of furan rings is 1. The van der Waals surface area contributed by atoms with Gasteiger partial charge in [-0.3, -0.25) is 0 Å². The number of carboxylic acids is 1. The van der Waals surface area contributed by atoms with Crippen molar-refractivity contribution < 1.29 is 23.8 Å². The Bertz CT molecular complexity index is 592. The van der Waals surface area contributed by atoms with Gasteiger partial charge in [0.05, 0.1) is 12.5 Å². The molecular weight excluding hydrogens is 276 g/mol. The number of hydrogen-bond acceptors (Lipinski definition) is 4. The summed E-state index contributed by atoms with van der Waals surface area (Å²) in [5.74, 6) is -0.627. The van der Waals surface area contributed by atoms with Crippen LogP contribution in [0.15, 0.2) is 47.3 Å². The van der Waals surface area contributed by atoms with E-state index < -0.39 is 12.6 Å². The number of amides is 2. The first kappa shape index (κ1) is 14.4. The fourth-order valence-electron chi connectivity index (χ4n) is 1.53. The van der Waals surface area contributed by atoms with Crippen molar-refractivity contribution in [3.05, 3.63) is 48.4 Å². The normalized spacial score (nSPS) is 9.90. The summed E-state index contributed by atoms with van der Waals surface area (Å²) in [6, 6.07) is 7.80. The third-order valence-corrected chi connectivity index (χ3v) is 2.51. The van der Waals surface area contributed by atoms with Crippen LogP contribution >= 0.6 is 0 Å². The van der Waals surface area contributed by atoms with Gasteiger partial charge in [0.2, 0.25) is 0 Å². The first-order valence-corrected chi connectivity index (χ1v) is 6.14. The number of ether oxygens (including phenoxy) is 1. The van der Waals surface area contributed by atoms with Crippen molar-refractivity contribution >= 4 is 17.7 Å². The van der Waals surface area contributed by atoms with Gasteiger partial charge in [0.25, 0.3) is 0 Å². The van der Waals surface area contributed by atoms with Crippen molar-refractivity contribution in [2.24, 2.45) is 0 Å². The molecule has 2 aromatic rings. The van der Waals surface area contributed by atoms with Crippen molar-refractivity contribution in [1.82, 2.24) is 5.32 Å². The second-order valence-corrected chi connectivity index (χ2v) is 4.15. The van der Waals surface area contributed by atoms with Gasteiger partial charge < -0.3 is 24.9 Å². The molecule has 0 fully saturated rings. The zero-order chi connectivity index (χ0) is 15.1. The second-order valence-electron chi connectivity index (χ2n) is 4.15. The molecule has 1 aromatic heterocycles. The number of benzene rings is 1. The van der Waals surface area contributed by atoms with E-state index >= 15 is 0 Å². The molecule has 0 bridgehead atoms. The summed E-state index contributed by atoms with van der Waals surface area (Å²) >= 11 is 0. The molecule has 0 radical (unpaired) electrons. The van der Waals surface area contributed by atoms with Crippen molar-refractivity contribution in [3.63, 3.8) is 0 Å². The largest absolute Gasteiger partial charge is 0.482 e. The predicted octanol–water partition coefficient (Wildman–Crippen LogP) is 2.06. The van der Waals surface area contributed by atoms with Gasteiger partial charge in [-0.2, -0.15) is 0 Å². The number of aliphatic carboxylic acids is 1. The van der Waals surface area contributed by atoms with Crippen molar-refractivity contribution in [3.8, 4) is 5.75 Å². The quantitative estimate of drug-likeness (QED) is 0.756. The minimum Gasteiger partial charge on any atom is -0.482 e. The van der Waals surface area contributed by atoms with Gasteiger partial charge in [-0.05, 0) is 30.3 Å². The van der Waals surface area contributed by atoms with E-state index in [1.54, 1.807) is 36.6 Å². The lowest BCUT2D eigenvalue weighted by Gasteiger charge is -2.08. The molecule has 0 saturated carbocycles. The number of rotatable bonds is 6. The SMILES string of the molecule is O=C(O)COc1ccc(NC(=O)NCc2ccoc2)cc1. The number of carboxylic acid groups (broad SMARTS) is 1. The Labute approximate surface area is 120 Å². The lowest BCUT2D eigenvalue weighted by Crippen LogP contribution is -2.27. The lowest BCUT2D eigenvalue weighted by molar-refractivity contribution is -0.139. The highest BCUT2D eigenvalue weighted by Crippen LogP contribution is 2.15. The van der Waals surface area contributed by atoms with Gasteiger partial charge in [-0.15, -0.1) is 0 Å². The zero-order valence-electron chi connectivity index (χ0n) is 11.0. The Hall–Kier alpha value is -2.96. The highest BCUT2D eigenvalue weighted by molar-refractivity contribution is 5.89. The maximum atomic E-state index is 11.6. The van der Waals surface area contributed by atoms with E-state index in [1.165, 1.54) is 6.26 Å². The molecule has 1 aromatic carbocycles. The summed E-state index contributed by atoms with van der Waals surface area (Å²) in [4.78, 5) is 22.0. The summed E-state index contributed by atoms with van der Waals surface area (Å²) in [6.07, 6.45) is 3.08. The van der Waals surface area contributed by atoms with Crippen molar-refractivity contribution in [1.29, 1.82) is 0 Å². The Balaban J connectivity index is 1.79. The molecular formula is C14H14N2O5. The van der Waals surface area contributed by atoms with Gasteiger partial charge in [0.1, 0.15) is 5.75 Å². The van der Waals surface area contributed by atoms with Crippen LogP contribution < -0.4 is 15.4 Å². The summed E-state index contributed by atoms with van der Waals surface area (Å²) in [5, 5.41) is 13.8. The van der Waals surface area contributed by atoms with Crippen LogP contribution in [0.5, 0.6) is 5.75 Å². The highest BCUT2D eigenvalue weighted by Gasteiger charge is 2.03. The molecule has 0 saturated heterocycles. The number of nitrogens with one attached hydrogen (secondary N) is 2. The Morgan fingerprint density at radius 1 is 1.19 bits per heavy atom. The number of urea groups is 1. The number of carbonyl (C=O) groups excluding carboxylic acids is 1. The highest BCUT2D eigenvalue weighted by atomic mass is 16.5. The minimum atomic E-state index is -1.05. The zero-order valence-corrected chi connectivity index (χ0v) is 11.0. The lowest BCUT2D eigenvalue weighted by atomic mass is 10.3. The molecule has 21 heavy (non-hydrogen) atoms. The number of hydrogen-bond donors (Lipinski definition) is 3. The average molecular weight is 290 g/mol. The van der Waals surface area contributed by atoms with Crippen LogP contribution in [0.1, 0.15) is 5.56 Å². The van der Waals surface area contributed by atoms with Crippen LogP contribution in [0.3, 0.4) is 0 Å². The second kappa shape index (κ2) is 6.99. The molecule has 0 aliphatic heterocycles. The fraction of sp³-hybridized carbons (Fsp3) is 0.143. The Morgan fingerprint density at radius 2 is 1.95 bits per heavy atom. The van der Waals surface area contributed by atoms with E-state index in [9.17, 15) is 9.59 Å². The summed E-state index contributed by atoms with van der Waals surface area (Å²) in [5.41, 5.74) is 1.44. The maximum absolute atomic E-state index is 11.6. The summed E-state index contributed by atoms with van der Waals surface area (Å²) in [7, 11) is 0. The first-order valence-electron chi connectivity index (χ1n) is 6.14. The molecule has 110 valence electrons. The molecule has 7 nitrogen and oxygen atoms in total. The van der Waals surface area contributed by atoms with E-state index in [4.69, 9.17) is 14.3 Å². The van der Waals surface area contributed by atoms with Gasteiger partial charge >= 0.3 is 12.0 Å². The monoisotopic (exact) mass is 290 g/mol. The van der Waals surface area contributed by atoms with Gasteiger partial charge in [0, 0.05) is 17.8 Å². The van der Waals surface area contributed by atoms with E-state index in [0.717, 1.165) is 5.56 Å². The molecule has 0 aliphatic rings. The van der Waals surface area contributed by atoms with Crippen LogP contribution in [0.2, 0.25) is 0 Å². The van der Waals surface area contributed by atoms with Crippen LogP contribution in [-0.4, -0.2) is 23.7 Å². The molecule has 0 atom stereocenters. The summed E-state index contributed by atoms with van der Waals surface area (Å²) < 4.78 is 9.88. The molecule has 0 spiro atoms. The van der Waals surface area contributed by atoms with Crippen molar-refractivity contribution in [2.75, 3.05) is 11.9 Å². The first-order chi connectivity index (χ1) is 10.1. The van der Waals surface area contributed by atoms with E-state index in [-0.39, 0.29) is 6.03 Å². The molecule has 7 heteroatoms. The van der Waals surface area contributed by atoms with Crippen LogP contribution in [0.25, 0.3) is 0 Å². The van der Waals surface area contributed by atoms with E-state index in [0.29, 0.717) is 18.0 Å². The minimum absolute atomic E-state index is 0.351. The number of anilines is 1. The van der Waals surface area contributed by atoms with E-state index in [2.05, 4.69) is 10.6 Å². The molecule has 0 unspecified atom stereocenters. The standard InChI is InChI=1S/C14H14N2O5/c17-13(18)9-21-12-3-1-11(2-4-12)16-14(19)15-7-10-5-6-20-8-10/h1-6,8H,7,9H2,(H,17,18)(H2,15,16,19). The van der Waals surface area contributed by atoms with Crippen LogP contribution in [0.4, 0.5) is 10.5 Å². The third kappa shape index (κ3) is 4.90. The smallest absolute Gasteiger partial charge is 0.341 e. The average Bonchev–Trinajstić information content (AvgIpc) is 2.98. The van der Waals surface area contributed by atoms with E-state index in [1.807, 2.05) is 0 Å². The maximum Gasteiger partial charge on any atom is 0.341 e. The topological polar surface area (TPSA) is 101 Å². The van der Waals surface area contributed by atoms with Gasteiger partial charge in [0.15, 0.2) is 6.61 Å². The molecule has 1 heterocycles. The molecule has 2 amide bonds. The Kier molecular flexibility index (Phi) is 4.81. The predicted molar refractivity (Wildman–Crippen MR) is 74.1 cm³/mol. The summed E-state index contributed by atoms with van der Waals surface area (Å²) in [6.45, 7) is -0.0416. The van der Waals surface area contributed by atoms with Crippen LogP contribution in [0, 0.1) is 0 Å². The number of carbonyl (C=O) groups is 2. The Morgan fingerprint density at radius 3 is 2.57 bits per heavy atom. The third-order valence-electron chi connectivity index (χ3n) is 2.51. The molecule has 2 rings (SSSR count). The van der Waals surface area contributed by atoms with Gasteiger partial charge in [-0.25, -0.2) is 9.59 Å². The molecule has 3 N–H and O–H groups in total. The van der Waals surface area contributed by atoms with Gasteiger partial charge in [-0.1, -0.05) is 0 Å². The fourth-order valence-corrected chi connectivity index (χ4v) is 1.53. The molecule has 0 aliphatic carbocycles. The van der Waals surface area contributed by atoms with Crippen molar-refractivity contribution in [2.45, 2.75) is 6.54 Å². The van der Waals surface area contributed by atoms with Crippen LogP contribution in [-0.2, 0) is 11.3 Å².